The molecule has 0 radical (unpaired) electrons. The number of imide groups is 1. The van der Waals surface area contributed by atoms with Gasteiger partial charge < -0.3 is 19.5 Å². The van der Waals surface area contributed by atoms with Crippen molar-refractivity contribution in [2.45, 2.75) is 52.7 Å². The van der Waals surface area contributed by atoms with Gasteiger partial charge in [-0.2, -0.15) is 0 Å². The van der Waals surface area contributed by atoms with E-state index in [9.17, 15) is 9.59 Å². The molecule has 10 heteroatoms. The molecule has 9 nitrogen and oxygen atoms in total. The van der Waals surface area contributed by atoms with Crippen molar-refractivity contribution >= 4 is 30.7 Å². The van der Waals surface area contributed by atoms with Crippen molar-refractivity contribution in [1.29, 1.82) is 0 Å². The van der Waals surface area contributed by atoms with E-state index in [1.807, 2.05) is 0 Å². The molecule has 2 N–H and O–H groups in total. The fourth-order valence-corrected chi connectivity index (χ4v) is 1.43. The minimum atomic E-state index is -1.77. The van der Waals surface area contributed by atoms with Gasteiger partial charge in [-0.15, -0.1) is 4.90 Å². The Morgan fingerprint density at radius 3 is 1.62 bits per heavy atom. The number of ether oxygens (including phenoxy) is 2. The lowest BCUT2D eigenvalue weighted by Gasteiger charge is -2.27. The first-order chi connectivity index (χ1) is 10.8. The van der Waals surface area contributed by atoms with Crippen LogP contribution in [0, 0.1) is 0 Å². The molecule has 0 bridgehead atoms. The maximum atomic E-state index is 12.3. The highest BCUT2D eigenvalue weighted by Crippen LogP contribution is 2.17. The van der Waals surface area contributed by atoms with E-state index < -0.39 is 30.5 Å². The van der Waals surface area contributed by atoms with Crippen LogP contribution in [-0.2, 0) is 9.47 Å². The van der Waals surface area contributed by atoms with Crippen LogP contribution in [0.3, 0.4) is 0 Å². The molecular formula is C14H22BN3O6. The minimum Gasteiger partial charge on any atom is -0.443 e. The summed E-state index contributed by atoms with van der Waals surface area (Å²) in [5.41, 5.74) is -1.69. The van der Waals surface area contributed by atoms with E-state index in [0.717, 1.165) is 12.4 Å². The summed E-state index contributed by atoms with van der Waals surface area (Å²) < 4.78 is 10.3. The number of hydrogen-bond donors (Lipinski definition) is 2. The van der Waals surface area contributed by atoms with Crippen molar-refractivity contribution in [1.82, 2.24) is 9.97 Å². The zero-order valence-electron chi connectivity index (χ0n) is 14.6. The first kappa shape index (κ1) is 19.9. The van der Waals surface area contributed by atoms with Crippen LogP contribution in [-0.4, -0.2) is 50.5 Å². The molecule has 0 unspecified atom stereocenters. The van der Waals surface area contributed by atoms with E-state index in [1.165, 1.54) is 0 Å². The van der Waals surface area contributed by atoms with Crippen LogP contribution < -0.4 is 10.4 Å². The predicted octanol–water partition coefficient (Wildman–Crippen LogP) is 0.833. The summed E-state index contributed by atoms with van der Waals surface area (Å²) in [5, 5.41) is 18.1. The number of rotatable bonds is 2. The third kappa shape index (κ3) is 6.13. The molecule has 1 aromatic rings. The maximum absolute atomic E-state index is 12.3. The van der Waals surface area contributed by atoms with Crippen LogP contribution in [0.4, 0.5) is 15.5 Å². The highest BCUT2D eigenvalue weighted by atomic mass is 16.6. The van der Waals surface area contributed by atoms with Gasteiger partial charge >= 0.3 is 19.3 Å². The summed E-state index contributed by atoms with van der Waals surface area (Å²) in [6, 6.07) is 0. The Morgan fingerprint density at radius 2 is 1.33 bits per heavy atom. The number of aromatic nitrogens is 2. The monoisotopic (exact) mass is 339 g/mol. The lowest BCUT2D eigenvalue weighted by Crippen LogP contribution is -2.45. The van der Waals surface area contributed by atoms with Gasteiger partial charge in [-0.25, -0.2) is 19.6 Å². The summed E-state index contributed by atoms with van der Waals surface area (Å²) in [5.74, 6) is -0.303. The molecular weight excluding hydrogens is 317 g/mol. The Bertz CT molecular complexity index is 564. The molecule has 0 aliphatic heterocycles. The van der Waals surface area contributed by atoms with Crippen molar-refractivity contribution in [3.63, 3.8) is 0 Å². The van der Waals surface area contributed by atoms with Gasteiger partial charge in [0.25, 0.3) is 0 Å². The molecule has 0 saturated heterocycles. The van der Waals surface area contributed by atoms with Gasteiger partial charge in [0.15, 0.2) is 0 Å². The molecule has 0 aliphatic carbocycles. The second-order valence-corrected chi connectivity index (χ2v) is 6.99. The molecule has 1 rings (SSSR count). The number of anilines is 1. The second-order valence-electron chi connectivity index (χ2n) is 6.99. The lowest BCUT2D eigenvalue weighted by molar-refractivity contribution is 0.0427. The molecule has 2 amide bonds. The van der Waals surface area contributed by atoms with Crippen molar-refractivity contribution < 1.29 is 29.1 Å². The van der Waals surface area contributed by atoms with Crippen LogP contribution in [0.25, 0.3) is 0 Å². The largest absolute Gasteiger partial charge is 0.491 e. The normalized spacial score (nSPS) is 11.7. The molecule has 1 heterocycles. The fourth-order valence-electron chi connectivity index (χ4n) is 1.43. The first-order valence-electron chi connectivity index (χ1n) is 7.24. The average molecular weight is 339 g/mol. The van der Waals surface area contributed by atoms with E-state index in [-0.39, 0.29) is 11.4 Å². The Morgan fingerprint density at radius 1 is 0.958 bits per heavy atom. The molecule has 24 heavy (non-hydrogen) atoms. The lowest BCUT2D eigenvalue weighted by atomic mass is 9.83. The molecule has 0 spiro atoms. The fraction of sp³-hybridized carbons (Fsp3) is 0.571. The molecule has 0 atom stereocenters. The van der Waals surface area contributed by atoms with Crippen LogP contribution >= 0.6 is 0 Å². The molecule has 0 aromatic carbocycles. The van der Waals surface area contributed by atoms with Gasteiger partial charge in [-0.3, -0.25) is 0 Å². The Balaban J connectivity index is 3.17. The van der Waals surface area contributed by atoms with Crippen molar-refractivity contribution in [3.8, 4) is 0 Å². The summed E-state index contributed by atoms with van der Waals surface area (Å²) in [6.45, 7) is 9.86. The summed E-state index contributed by atoms with van der Waals surface area (Å²) in [4.78, 5) is 32.8. The Labute approximate surface area is 140 Å². The zero-order chi connectivity index (χ0) is 18.7. The number of amides is 2. The summed E-state index contributed by atoms with van der Waals surface area (Å²) in [7, 11) is -1.77. The zero-order valence-corrected chi connectivity index (χ0v) is 14.6. The SMILES string of the molecule is CC(C)(C)OC(=O)N(C(=O)OC(C)(C)C)c1ncc(B(O)O)cn1. The van der Waals surface area contributed by atoms with Crippen LogP contribution in [0.15, 0.2) is 12.4 Å². The molecule has 132 valence electrons. The average Bonchev–Trinajstić information content (AvgIpc) is 2.34. The van der Waals surface area contributed by atoms with E-state index in [0.29, 0.717) is 4.90 Å². The van der Waals surface area contributed by atoms with Gasteiger partial charge in [0.05, 0.1) is 0 Å². The number of carbonyl (C=O) groups excluding carboxylic acids is 2. The second kappa shape index (κ2) is 7.14. The van der Waals surface area contributed by atoms with Crippen LogP contribution in [0.1, 0.15) is 41.5 Å². The van der Waals surface area contributed by atoms with Gasteiger partial charge in [-0.05, 0) is 41.5 Å². The highest BCUT2D eigenvalue weighted by molar-refractivity contribution is 6.58. The van der Waals surface area contributed by atoms with E-state index >= 15 is 0 Å². The quantitative estimate of drug-likeness (QED) is 0.760. The van der Waals surface area contributed by atoms with Gasteiger partial charge in [0.1, 0.15) is 11.2 Å². The van der Waals surface area contributed by atoms with Crippen molar-refractivity contribution in [2.75, 3.05) is 4.90 Å². The van der Waals surface area contributed by atoms with E-state index in [1.54, 1.807) is 41.5 Å². The third-order valence-electron chi connectivity index (χ3n) is 2.31. The third-order valence-corrected chi connectivity index (χ3v) is 2.31. The van der Waals surface area contributed by atoms with Crippen molar-refractivity contribution in [2.24, 2.45) is 0 Å². The number of carbonyl (C=O) groups is 2. The van der Waals surface area contributed by atoms with E-state index in [2.05, 4.69) is 9.97 Å². The molecule has 0 fully saturated rings. The first-order valence-corrected chi connectivity index (χ1v) is 7.24. The smallest absolute Gasteiger partial charge is 0.443 e. The maximum Gasteiger partial charge on any atom is 0.491 e. The van der Waals surface area contributed by atoms with Gasteiger partial charge in [0.2, 0.25) is 5.95 Å². The molecule has 0 saturated carbocycles. The number of hydrogen-bond acceptors (Lipinski definition) is 8. The molecule has 1 aromatic heterocycles. The van der Waals surface area contributed by atoms with E-state index in [4.69, 9.17) is 19.5 Å². The predicted molar refractivity (Wildman–Crippen MR) is 86.8 cm³/mol. The standard InChI is InChI=1S/C14H22BN3O6/c1-13(2,3)23-11(19)18(12(20)24-14(4,5)6)10-16-7-9(8-17-10)15(21)22/h7-8,21-22H,1-6H3. The van der Waals surface area contributed by atoms with Crippen LogP contribution in [0.2, 0.25) is 0 Å². The number of nitrogens with zero attached hydrogens (tertiary/aromatic N) is 3. The Kier molecular flexibility index (Phi) is 5.91. The van der Waals surface area contributed by atoms with Gasteiger partial charge in [0, 0.05) is 17.9 Å². The summed E-state index contributed by atoms with van der Waals surface area (Å²) >= 11 is 0. The minimum absolute atomic E-state index is 0.00655. The van der Waals surface area contributed by atoms with Crippen LogP contribution in [0.5, 0.6) is 0 Å². The summed E-state index contributed by atoms with van der Waals surface area (Å²) in [6.07, 6.45) is 0.145. The Hall–Kier alpha value is -2.20. The van der Waals surface area contributed by atoms with Crippen molar-refractivity contribution in [3.05, 3.63) is 12.4 Å². The molecule has 0 aliphatic rings. The highest BCUT2D eigenvalue weighted by Gasteiger charge is 2.34. The van der Waals surface area contributed by atoms with Gasteiger partial charge in [-0.1, -0.05) is 0 Å². The topological polar surface area (TPSA) is 122 Å².